The Kier molecular flexibility index (Phi) is 4.86. The molecular formula is C17H23NO2S. The number of hydrogen-bond donors (Lipinski definition) is 2. The van der Waals surface area contributed by atoms with Crippen molar-refractivity contribution in [2.45, 2.75) is 62.0 Å². The number of carbonyl (C=O) groups is 1. The van der Waals surface area contributed by atoms with E-state index in [1.54, 1.807) is 11.8 Å². The summed E-state index contributed by atoms with van der Waals surface area (Å²) in [6, 6.07) is 6.51. The first-order chi connectivity index (χ1) is 10.2. The van der Waals surface area contributed by atoms with E-state index in [0.717, 1.165) is 25.7 Å². The largest absolute Gasteiger partial charge is 0.391 e. The van der Waals surface area contributed by atoms with Crippen molar-refractivity contribution in [3.63, 3.8) is 0 Å². The van der Waals surface area contributed by atoms with E-state index in [-0.39, 0.29) is 18.1 Å². The second-order valence-electron chi connectivity index (χ2n) is 6.10. The van der Waals surface area contributed by atoms with Crippen molar-refractivity contribution < 1.29 is 9.90 Å². The molecule has 2 N–H and O–H groups in total. The van der Waals surface area contributed by atoms with Gasteiger partial charge in [0, 0.05) is 4.90 Å². The zero-order chi connectivity index (χ0) is 14.7. The van der Waals surface area contributed by atoms with E-state index in [9.17, 15) is 9.90 Å². The van der Waals surface area contributed by atoms with Crippen LogP contribution in [0.15, 0.2) is 23.1 Å². The predicted octanol–water partition coefficient (Wildman–Crippen LogP) is 2.69. The Balaban J connectivity index is 1.49. The minimum absolute atomic E-state index is 0.0337. The molecule has 0 spiro atoms. The maximum atomic E-state index is 12.0. The smallest absolute Gasteiger partial charge is 0.230 e. The lowest BCUT2D eigenvalue weighted by Crippen LogP contribution is -2.45. The molecule has 0 radical (unpaired) electrons. The summed E-state index contributed by atoms with van der Waals surface area (Å²) in [6.45, 7) is 0. The highest BCUT2D eigenvalue weighted by Gasteiger charge is 2.24. The van der Waals surface area contributed by atoms with Crippen LogP contribution in [0.25, 0.3) is 0 Å². The van der Waals surface area contributed by atoms with Crippen LogP contribution in [0.2, 0.25) is 0 Å². The molecule has 1 saturated carbocycles. The highest BCUT2D eigenvalue weighted by atomic mass is 32.2. The highest BCUT2D eigenvalue weighted by Crippen LogP contribution is 2.27. The zero-order valence-electron chi connectivity index (χ0n) is 12.3. The number of amides is 1. The average molecular weight is 305 g/mol. The molecule has 3 rings (SSSR count). The Hall–Kier alpha value is -1.00. The van der Waals surface area contributed by atoms with Crippen LogP contribution in [0.4, 0.5) is 0 Å². The zero-order valence-corrected chi connectivity index (χ0v) is 13.1. The van der Waals surface area contributed by atoms with Crippen molar-refractivity contribution in [1.82, 2.24) is 5.32 Å². The SMILES string of the molecule is O=C(CSc1ccc2c(c1)CCC2)N[C@H]1CCCC[C@@H]1O. The van der Waals surface area contributed by atoms with Crippen LogP contribution >= 0.6 is 11.8 Å². The van der Waals surface area contributed by atoms with E-state index in [1.165, 1.54) is 35.3 Å². The fourth-order valence-corrected chi connectivity index (χ4v) is 4.09. The molecule has 2 atom stereocenters. The van der Waals surface area contributed by atoms with Crippen LogP contribution in [-0.4, -0.2) is 28.9 Å². The molecule has 1 aromatic carbocycles. The lowest BCUT2D eigenvalue weighted by molar-refractivity contribution is -0.120. The third-order valence-electron chi connectivity index (χ3n) is 4.52. The third kappa shape index (κ3) is 3.80. The summed E-state index contributed by atoms with van der Waals surface area (Å²) in [7, 11) is 0. The van der Waals surface area contributed by atoms with Gasteiger partial charge in [-0.05, 0) is 55.4 Å². The predicted molar refractivity (Wildman–Crippen MR) is 85.6 cm³/mol. The number of aliphatic hydroxyl groups is 1. The van der Waals surface area contributed by atoms with Crippen LogP contribution < -0.4 is 5.32 Å². The first kappa shape index (κ1) is 14.9. The number of aliphatic hydroxyl groups excluding tert-OH is 1. The van der Waals surface area contributed by atoms with Crippen LogP contribution in [0.1, 0.15) is 43.2 Å². The second-order valence-corrected chi connectivity index (χ2v) is 7.15. The molecule has 2 aliphatic rings. The van der Waals surface area contributed by atoms with Crippen LogP contribution in [0.5, 0.6) is 0 Å². The molecule has 1 aromatic rings. The van der Waals surface area contributed by atoms with Gasteiger partial charge in [0.15, 0.2) is 0 Å². The van der Waals surface area contributed by atoms with Crippen molar-refractivity contribution >= 4 is 17.7 Å². The molecule has 1 amide bonds. The number of thioether (sulfide) groups is 1. The van der Waals surface area contributed by atoms with Gasteiger partial charge < -0.3 is 10.4 Å². The Bertz CT molecular complexity index is 518. The van der Waals surface area contributed by atoms with Gasteiger partial charge in [0.1, 0.15) is 0 Å². The number of rotatable bonds is 4. The Labute approximate surface area is 130 Å². The van der Waals surface area contributed by atoms with Crippen molar-refractivity contribution in [3.05, 3.63) is 29.3 Å². The quantitative estimate of drug-likeness (QED) is 0.841. The average Bonchev–Trinajstić information content (AvgIpc) is 2.95. The number of aryl methyl sites for hydroxylation is 2. The van der Waals surface area contributed by atoms with Crippen molar-refractivity contribution in [3.8, 4) is 0 Å². The van der Waals surface area contributed by atoms with Crippen molar-refractivity contribution in [2.24, 2.45) is 0 Å². The first-order valence-electron chi connectivity index (χ1n) is 7.94. The molecule has 0 aliphatic heterocycles. The molecule has 21 heavy (non-hydrogen) atoms. The van der Waals surface area contributed by atoms with Gasteiger partial charge in [-0.1, -0.05) is 18.9 Å². The van der Waals surface area contributed by atoms with Crippen molar-refractivity contribution in [2.75, 3.05) is 5.75 Å². The summed E-state index contributed by atoms with van der Waals surface area (Å²) in [5.74, 6) is 0.466. The van der Waals surface area contributed by atoms with E-state index in [1.807, 2.05) is 0 Å². The summed E-state index contributed by atoms with van der Waals surface area (Å²) in [5, 5.41) is 12.9. The lowest BCUT2D eigenvalue weighted by atomic mass is 9.93. The molecular weight excluding hydrogens is 282 g/mol. The minimum Gasteiger partial charge on any atom is -0.391 e. The van der Waals surface area contributed by atoms with E-state index < -0.39 is 0 Å². The van der Waals surface area contributed by atoms with Gasteiger partial charge >= 0.3 is 0 Å². The Morgan fingerprint density at radius 2 is 2.00 bits per heavy atom. The molecule has 0 bridgehead atoms. The first-order valence-corrected chi connectivity index (χ1v) is 8.93. The van der Waals surface area contributed by atoms with Crippen molar-refractivity contribution in [1.29, 1.82) is 0 Å². The van der Waals surface area contributed by atoms with Gasteiger partial charge in [-0.2, -0.15) is 0 Å². The fourth-order valence-electron chi connectivity index (χ4n) is 3.31. The molecule has 0 unspecified atom stereocenters. The summed E-state index contributed by atoms with van der Waals surface area (Å²) in [4.78, 5) is 13.2. The molecule has 3 nitrogen and oxygen atoms in total. The maximum Gasteiger partial charge on any atom is 0.230 e. The molecule has 0 saturated heterocycles. The van der Waals surface area contributed by atoms with Gasteiger partial charge in [0.05, 0.1) is 17.9 Å². The van der Waals surface area contributed by atoms with E-state index in [0.29, 0.717) is 5.75 Å². The molecule has 4 heteroatoms. The fraction of sp³-hybridized carbons (Fsp3) is 0.588. The maximum absolute atomic E-state index is 12.0. The molecule has 0 heterocycles. The second kappa shape index (κ2) is 6.84. The van der Waals surface area contributed by atoms with Gasteiger partial charge in [0.25, 0.3) is 0 Å². The van der Waals surface area contributed by atoms with Gasteiger partial charge in [-0.3, -0.25) is 4.79 Å². The number of fused-ring (bicyclic) bond motifs is 1. The molecule has 2 aliphatic carbocycles. The van der Waals surface area contributed by atoms with E-state index in [2.05, 4.69) is 23.5 Å². The van der Waals surface area contributed by atoms with Gasteiger partial charge in [-0.25, -0.2) is 0 Å². The molecule has 1 fully saturated rings. The topological polar surface area (TPSA) is 49.3 Å². The summed E-state index contributed by atoms with van der Waals surface area (Å²) >= 11 is 1.59. The van der Waals surface area contributed by atoms with E-state index in [4.69, 9.17) is 0 Å². The normalized spacial score (nSPS) is 24.6. The van der Waals surface area contributed by atoms with Crippen LogP contribution in [0, 0.1) is 0 Å². The Morgan fingerprint density at radius 1 is 1.19 bits per heavy atom. The summed E-state index contributed by atoms with van der Waals surface area (Å²) in [5.41, 5.74) is 2.91. The number of nitrogens with one attached hydrogen (secondary N) is 1. The Morgan fingerprint density at radius 3 is 2.86 bits per heavy atom. The van der Waals surface area contributed by atoms with E-state index >= 15 is 0 Å². The van der Waals surface area contributed by atoms with Gasteiger partial charge in [-0.15, -0.1) is 11.8 Å². The molecule has 0 aromatic heterocycles. The number of carbonyl (C=O) groups excluding carboxylic acids is 1. The number of hydrogen-bond acceptors (Lipinski definition) is 3. The third-order valence-corrected chi connectivity index (χ3v) is 5.51. The van der Waals surface area contributed by atoms with Crippen LogP contribution in [-0.2, 0) is 17.6 Å². The number of benzene rings is 1. The lowest BCUT2D eigenvalue weighted by Gasteiger charge is -2.28. The minimum atomic E-state index is -0.368. The monoisotopic (exact) mass is 305 g/mol. The standard InChI is InChI=1S/C17H23NO2S/c19-16-7-2-1-6-15(16)18-17(20)11-21-14-9-8-12-4-3-5-13(12)10-14/h8-10,15-16,19H,1-7,11H2,(H,18,20)/t15-,16-/m0/s1. The molecule has 114 valence electrons. The van der Waals surface area contributed by atoms with Gasteiger partial charge in [0.2, 0.25) is 5.91 Å². The highest BCUT2D eigenvalue weighted by molar-refractivity contribution is 8.00. The summed E-state index contributed by atoms with van der Waals surface area (Å²) in [6.07, 6.45) is 7.12. The summed E-state index contributed by atoms with van der Waals surface area (Å²) < 4.78 is 0. The van der Waals surface area contributed by atoms with Crippen LogP contribution in [0.3, 0.4) is 0 Å².